The highest BCUT2D eigenvalue weighted by atomic mass is 16.6. The van der Waals surface area contributed by atoms with Gasteiger partial charge >= 0.3 is 0 Å². The van der Waals surface area contributed by atoms with E-state index in [0.717, 1.165) is 46.8 Å². The Morgan fingerprint density at radius 2 is 2.14 bits per heavy atom. The van der Waals surface area contributed by atoms with E-state index < -0.39 is 0 Å². The number of nitrogens with zero attached hydrogens (tertiary/aromatic N) is 3. The summed E-state index contributed by atoms with van der Waals surface area (Å²) in [6.07, 6.45) is 4.28. The zero-order valence-corrected chi connectivity index (χ0v) is 16.1. The van der Waals surface area contributed by atoms with Gasteiger partial charge in [-0.15, -0.1) is 0 Å². The Balaban J connectivity index is 1.34. The normalized spacial score (nSPS) is 24.6. The van der Waals surface area contributed by atoms with Gasteiger partial charge in [-0.1, -0.05) is 6.07 Å². The first-order valence-electron chi connectivity index (χ1n) is 9.73. The fourth-order valence-electron chi connectivity index (χ4n) is 3.88. The number of hydrogen-bond acceptors (Lipinski definition) is 6. The Hall–Kier alpha value is -2.64. The summed E-state index contributed by atoms with van der Waals surface area (Å²) in [5, 5.41) is 4.52. The van der Waals surface area contributed by atoms with Crippen LogP contribution in [0.3, 0.4) is 0 Å². The molecule has 7 heteroatoms. The highest BCUT2D eigenvalue weighted by Gasteiger charge is 2.30. The van der Waals surface area contributed by atoms with E-state index in [1.807, 2.05) is 37.4 Å². The second kappa shape index (κ2) is 7.07. The predicted molar refractivity (Wildman–Crippen MR) is 105 cm³/mol. The maximum Gasteiger partial charge on any atom is 0.145 e. The third-order valence-electron chi connectivity index (χ3n) is 5.46. The van der Waals surface area contributed by atoms with Crippen LogP contribution in [0.4, 0.5) is 0 Å². The molecule has 0 saturated carbocycles. The fraction of sp³-hybridized carbons (Fsp3) is 0.429. The van der Waals surface area contributed by atoms with Gasteiger partial charge in [-0.25, -0.2) is 9.97 Å². The van der Waals surface area contributed by atoms with Crippen LogP contribution in [0.2, 0.25) is 0 Å². The lowest BCUT2D eigenvalue weighted by atomic mass is 10.1. The van der Waals surface area contributed by atoms with Crippen molar-refractivity contribution in [3.05, 3.63) is 48.0 Å². The molecule has 1 N–H and O–H groups in total. The fourth-order valence-corrected chi connectivity index (χ4v) is 3.88. The summed E-state index contributed by atoms with van der Waals surface area (Å²) < 4.78 is 20.4. The molecule has 1 saturated heterocycles. The lowest BCUT2D eigenvalue weighted by molar-refractivity contribution is 0.0526. The van der Waals surface area contributed by atoms with E-state index in [4.69, 9.17) is 14.2 Å². The standard InChI is InChI=1S/C21H24N4O3/c1-13-10-26-18-4-3-5-19(17(18)9-22-13)28-15-8-20(27-11-15)25-7-6-16-14(2)23-12-24-21(16)25/h3-7,12-13,15,20,22H,8-11H2,1-2H3/t13-,15?,20-/m0/s1. The van der Waals surface area contributed by atoms with Crippen molar-refractivity contribution < 1.29 is 14.2 Å². The van der Waals surface area contributed by atoms with Gasteiger partial charge in [-0.2, -0.15) is 0 Å². The van der Waals surface area contributed by atoms with Gasteiger partial charge in [0.25, 0.3) is 0 Å². The number of rotatable bonds is 3. The second-order valence-corrected chi connectivity index (χ2v) is 7.51. The summed E-state index contributed by atoms with van der Waals surface area (Å²) in [6, 6.07) is 8.35. The lowest BCUT2D eigenvalue weighted by Gasteiger charge is -2.17. The third kappa shape index (κ3) is 3.10. The Morgan fingerprint density at radius 3 is 3.07 bits per heavy atom. The second-order valence-electron chi connectivity index (χ2n) is 7.51. The Morgan fingerprint density at radius 1 is 1.21 bits per heavy atom. The molecule has 0 amide bonds. The number of hydrogen-bond donors (Lipinski definition) is 1. The van der Waals surface area contributed by atoms with E-state index in [2.05, 4.69) is 26.8 Å². The van der Waals surface area contributed by atoms with E-state index in [9.17, 15) is 0 Å². The van der Waals surface area contributed by atoms with Crippen LogP contribution in [0, 0.1) is 6.92 Å². The van der Waals surface area contributed by atoms with Gasteiger partial charge in [0.15, 0.2) is 0 Å². The van der Waals surface area contributed by atoms with E-state index in [0.29, 0.717) is 19.3 Å². The monoisotopic (exact) mass is 380 g/mol. The van der Waals surface area contributed by atoms with Crippen molar-refractivity contribution in [1.82, 2.24) is 19.9 Å². The van der Waals surface area contributed by atoms with E-state index in [1.54, 1.807) is 6.33 Å². The van der Waals surface area contributed by atoms with Crippen LogP contribution < -0.4 is 14.8 Å². The van der Waals surface area contributed by atoms with Crippen LogP contribution in [0.1, 0.15) is 30.8 Å². The molecule has 2 aliphatic heterocycles. The van der Waals surface area contributed by atoms with Crippen LogP contribution in [0.5, 0.6) is 11.5 Å². The molecule has 3 aromatic rings. The predicted octanol–water partition coefficient (Wildman–Crippen LogP) is 2.98. The first-order valence-corrected chi connectivity index (χ1v) is 9.73. The average Bonchev–Trinajstić information content (AvgIpc) is 3.28. The molecule has 0 bridgehead atoms. The van der Waals surface area contributed by atoms with Crippen LogP contribution in [0.15, 0.2) is 36.8 Å². The largest absolute Gasteiger partial charge is 0.491 e. The molecular weight excluding hydrogens is 356 g/mol. The van der Waals surface area contributed by atoms with E-state index in [1.165, 1.54) is 0 Å². The first kappa shape index (κ1) is 17.5. The molecule has 1 aromatic carbocycles. The molecule has 0 aliphatic carbocycles. The number of aromatic nitrogens is 3. The van der Waals surface area contributed by atoms with Crippen LogP contribution in [-0.4, -0.2) is 39.9 Å². The molecule has 1 fully saturated rings. The molecule has 2 aromatic heterocycles. The minimum atomic E-state index is -0.0893. The van der Waals surface area contributed by atoms with Crippen molar-refractivity contribution in [3.63, 3.8) is 0 Å². The van der Waals surface area contributed by atoms with Crippen LogP contribution >= 0.6 is 0 Å². The first-order chi connectivity index (χ1) is 13.7. The Kier molecular flexibility index (Phi) is 4.41. The number of benzene rings is 1. The van der Waals surface area contributed by atoms with Gasteiger partial charge in [-0.05, 0) is 32.0 Å². The van der Waals surface area contributed by atoms with Gasteiger partial charge in [0.1, 0.15) is 42.4 Å². The number of ether oxygens (including phenoxy) is 3. The van der Waals surface area contributed by atoms with Gasteiger partial charge in [0.2, 0.25) is 0 Å². The van der Waals surface area contributed by atoms with Gasteiger partial charge in [0, 0.05) is 36.2 Å². The molecule has 2 aliphatic rings. The number of fused-ring (bicyclic) bond motifs is 2. The summed E-state index contributed by atoms with van der Waals surface area (Å²) in [4.78, 5) is 8.70. The number of aryl methyl sites for hydroxylation is 1. The van der Waals surface area contributed by atoms with Crippen molar-refractivity contribution in [1.29, 1.82) is 0 Å². The van der Waals surface area contributed by atoms with Crippen LogP contribution in [0.25, 0.3) is 11.0 Å². The van der Waals surface area contributed by atoms with Crippen molar-refractivity contribution in [2.24, 2.45) is 0 Å². The summed E-state index contributed by atoms with van der Waals surface area (Å²) in [5.74, 6) is 1.76. The summed E-state index contributed by atoms with van der Waals surface area (Å²) in [5.41, 5.74) is 2.95. The molecule has 0 spiro atoms. The van der Waals surface area contributed by atoms with Crippen molar-refractivity contribution in [3.8, 4) is 11.5 Å². The van der Waals surface area contributed by atoms with Gasteiger partial charge in [-0.3, -0.25) is 0 Å². The Bertz CT molecular complexity index is 1000. The molecule has 3 atom stereocenters. The topological polar surface area (TPSA) is 70.4 Å². The zero-order chi connectivity index (χ0) is 19.1. The Labute approximate surface area is 163 Å². The maximum atomic E-state index is 6.34. The minimum absolute atomic E-state index is 0.0161. The molecule has 7 nitrogen and oxygen atoms in total. The molecule has 0 radical (unpaired) electrons. The van der Waals surface area contributed by atoms with Crippen molar-refractivity contribution in [2.75, 3.05) is 13.2 Å². The summed E-state index contributed by atoms with van der Waals surface area (Å²) in [6.45, 7) is 6.06. The summed E-state index contributed by atoms with van der Waals surface area (Å²) >= 11 is 0. The molecule has 146 valence electrons. The summed E-state index contributed by atoms with van der Waals surface area (Å²) in [7, 11) is 0. The lowest BCUT2D eigenvalue weighted by Crippen LogP contribution is -2.28. The van der Waals surface area contributed by atoms with Crippen molar-refractivity contribution >= 4 is 11.0 Å². The van der Waals surface area contributed by atoms with Gasteiger partial charge < -0.3 is 24.1 Å². The highest BCUT2D eigenvalue weighted by Crippen LogP contribution is 2.34. The van der Waals surface area contributed by atoms with E-state index >= 15 is 0 Å². The third-order valence-corrected chi connectivity index (χ3v) is 5.46. The van der Waals surface area contributed by atoms with Crippen molar-refractivity contribution in [2.45, 2.75) is 45.2 Å². The average molecular weight is 380 g/mol. The smallest absolute Gasteiger partial charge is 0.145 e. The van der Waals surface area contributed by atoms with Crippen LogP contribution in [-0.2, 0) is 11.3 Å². The van der Waals surface area contributed by atoms with Gasteiger partial charge in [0.05, 0.1) is 12.3 Å². The minimum Gasteiger partial charge on any atom is -0.491 e. The quantitative estimate of drug-likeness (QED) is 0.753. The highest BCUT2D eigenvalue weighted by molar-refractivity contribution is 5.78. The SMILES string of the molecule is Cc1ncnc2c1ccn2[C@@H]1CC(Oc2cccc3c2CN[C@@H](C)CO3)CO1. The molecule has 1 unspecified atom stereocenters. The number of nitrogens with one attached hydrogen (secondary N) is 1. The molecule has 4 heterocycles. The zero-order valence-electron chi connectivity index (χ0n) is 16.1. The molecule has 28 heavy (non-hydrogen) atoms. The maximum absolute atomic E-state index is 6.34. The molecule has 5 rings (SSSR count). The molecular formula is C21H24N4O3. The van der Waals surface area contributed by atoms with E-state index in [-0.39, 0.29) is 12.3 Å².